The molecular formula is C15H16N2O2S. The Morgan fingerprint density at radius 1 is 1.50 bits per heavy atom. The Hall–Kier alpha value is -2.14. The molecule has 0 aliphatic carbocycles. The molecule has 104 valence electrons. The molecular weight excluding hydrogens is 272 g/mol. The van der Waals surface area contributed by atoms with Gasteiger partial charge in [0.1, 0.15) is 5.56 Å². The molecule has 2 aromatic heterocycles. The number of amides is 1. The highest BCUT2D eigenvalue weighted by atomic mass is 32.1. The monoisotopic (exact) mass is 288 g/mol. The van der Waals surface area contributed by atoms with Gasteiger partial charge in [-0.1, -0.05) is 12.1 Å². The number of rotatable bonds is 6. The molecule has 5 heteroatoms. The van der Waals surface area contributed by atoms with Gasteiger partial charge in [0.25, 0.3) is 5.91 Å². The Morgan fingerprint density at radius 3 is 3.00 bits per heavy atom. The molecule has 0 fully saturated rings. The minimum absolute atomic E-state index is 0.108. The molecule has 0 spiro atoms. The Balaban J connectivity index is 2.24. The van der Waals surface area contributed by atoms with Crippen molar-refractivity contribution in [3.8, 4) is 5.88 Å². The van der Waals surface area contributed by atoms with E-state index >= 15 is 0 Å². The molecule has 2 heterocycles. The molecule has 0 radical (unpaired) electrons. The topological polar surface area (TPSA) is 42.4 Å². The van der Waals surface area contributed by atoms with Crippen molar-refractivity contribution in [2.24, 2.45) is 0 Å². The maximum atomic E-state index is 12.6. The number of carbonyl (C=O) groups excluding carboxylic acids is 1. The summed E-state index contributed by atoms with van der Waals surface area (Å²) in [5.74, 6) is 0.237. The highest BCUT2D eigenvalue weighted by Crippen LogP contribution is 2.19. The zero-order chi connectivity index (χ0) is 14.4. The van der Waals surface area contributed by atoms with Crippen molar-refractivity contribution in [2.45, 2.75) is 6.54 Å². The van der Waals surface area contributed by atoms with Crippen molar-refractivity contribution in [3.63, 3.8) is 0 Å². The van der Waals surface area contributed by atoms with Crippen LogP contribution in [0.4, 0.5) is 0 Å². The lowest BCUT2D eigenvalue weighted by molar-refractivity contribution is 0.0760. The molecule has 0 saturated heterocycles. The van der Waals surface area contributed by atoms with E-state index < -0.39 is 0 Å². The second-order valence-corrected chi connectivity index (χ2v) is 5.15. The van der Waals surface area contributed by atoms with E-state index in [2.05, 4.69) is 11.6 Å². The summed E-state index contributed by atoms with van der Waals surface area (Å²) in [4.78, 5) is 19.5. The highest BCUT2D eigenvalue weighted by molar-refractivity contribution is 7.09. The summed E-state index contributed by atoms with van der Waals surface area (Å²) in [6, 6.07) is 7.43. The van der Waals surface area contributed by atoms with E-state index in [0.29, 0.717) is 24.5 Å². The first-order valence-electron chi connectivity index (χ1n) is 6.17. The Labute approximate surface area is 122 Å². The van der Waals surface area contributed by atoms with E-state index in [1.807, 2.05) is 17.5 Å². The number of pyridine rings is 1. The molecule has 0 bridgehead atoms. The fourth-order valence-corrected chi connectivity index (χ4v) is 2.57. The van der Waals surface area contributed by atoms with Gasteiger partial charge in [-0.3, -0.25) is 4.79 Å². The van der Waals surface area contributed by atoms with E-state index in [-0.39, 0.29) is 5.91 Å². The summed E-state index contributed by atoms with van der Waals surface area (Å²) < 4.78 is 5.15. The summed E-state index contributed by atoms with van der Waals surface area (Å²) in [6.07, 6.45) is 3.32. The van der Waals surface area contributed by atoms with Gasteiger partial charge in [0.2, 0.25) is 5.88 Å². The highest BCUT2D eigenvalue weighted by Gasteiger charge is 2.19. The summed E-state index contributed by atoms with van der Waals surface area (Å²) in [5.41, 5.74) is 0.466. The summed E-state index contributed by atoms with van der Waals surface area (Å²) in [7, 11) is 1.51. The van der Waals surface area contributed by atoms with Gasteiger partial charge in [0.05, 0.1) is 13.7 Å². The second-order valence-electron chi connectivity index (χ2n) is 4.11. The first kappa shape index (κ1) is 14.3. The number of nitrogens with zero attached hydrogens (tertiary/aromatic N) is 2. The van der Waals surface area contributed by atoms with Crippen molar-refractivity contribution >= 4 is 17.2 Å². The van der Waals surface area contributed by atoms with Crippen LogP contribution in [-0.4, -0.2) is 29.4 Å². The number of hydrogen-bond donors (Lipinski definition) is 0. The van der Waals surface area contributed by atoms with Gasteiger partial charge in [0, 0.05) is 17.6 Å². The standard InChI is InChI=1S/C15H16N2O2S/c1-3-9-17(11-12-6-5-10-20-12)15(18)13-7-4-8-16-14(13)19-2/h3-8,10H,1,9,11H2,2H3. The average molecular weight is 288 g/mol. The van der Waals surface area contributed by atoms with Gasteiger partial charge < -0.3 is 9.64 Å². The van der Waals surface area contributed by atoms with E-state index in [0.717, 1.165) is 4.88 Å². The molecule has 0 aromatic carbocycles. The molecule has 20 heavy (non-hydrogen) atoms. The maximum absolute atomic E-state index is 12.6. The molecule has 0 aliphatic heterocycles. The van der Waals surface area contributed by atoms with Crippen LogP contribution in [0.25, 0.3) is 0 Å². The van der Waals surface area contributed by atoms with Crippen molar-refractivity contribution in [3.05, 3.63) is 58.9 Å². The van der Waals surface area contributed by atoms with Crippen LogP contribution < -0.4 is 4.74 Å². The quantitative estimate of drug-likeness (QED) is 0.767. The Bertz CT molecular complexity index is 581. The molecule has 2 rings (SSSR count). The largest absolute Gasteiger partial charge is 0.480 e. The molecule has 1 amide bonds. The van der Waals surface area contributed by atoms with Crippen LogP contribution in [0.1, 0.15) is 15.2 Å². The van der Waals surface area contributed by atoms with Gasteiger partial charge >= 0.3 is 0 Å². The zero-order valence-electron chi connectivity index (χ0n) is 11.3. The lowest BCUT2D eigenvalue weighted by Crippen LogP contribution is -2.30. The van der Waals surface area contributed by atoms with E-state index in [4.69, 9.17) is 4.74 Å². The van der Waals surface area contributed by atoms with Crippen LogP contribution in [0.5, 0.6) is 5.88 Å². The molecule has 2 aromatic rings. The SMILES string of the molecule is C=CCN(Cc1cccs1)C(=O)c1cccnc1OC. The first-order valence-corrected chi connectivity index (χ1v) is 7.05. The number of aromatic nitrogens is 1. The van der Waals surface area contributed by atoms with Gasteiger partial charge in [-0.25, -0.2) is 4.98 Å². The van der Waals surface area contributed by atoms with E-state index in [1.54, 1.807) is 40.6 Å². The maximum Gasteiger partial charge on any atom is 0.259 e. The van der Waals surface area contributed by atoms with Gasteiger partial charge in [-0.2, -0.15) is 0 Å². The lowest BCUT2D eigenvalue weighted by Gasteiger charge is -2.21. The fourth-order valence-electron chi connectivity index (χ4n) is 1.85. The average Bonchev–Trinajstić information content (AvgIpc) is 2.99. The minimum Gasteiger partial charge on any atom is -0.480 e. The number of hydrogen-bond acceptors (Lipinski definition) is 4. The number of carbonyl (C=O) groups is 1. The smallest absolute Gasteiger partial charge is 0.259 e. The van der Waals surface area contributed by atoms with Crippen LogP contribution in [0.3, 0.4) is 0 Å². The molecule has 0 aliphatic rings. The zero-order valence-corrected chi connectivity index (χ0v) is 12.1. The van der Waals surface area contributed by atoms with Gasteiger partial charge in [0.15, 0.2) is 0 Å². The Morgan fingerprint density at radius 2 is 2.35 bits per heavy atom. The van der Waals surface area contributed by atoms with Crippen LogP contribution >= 0.6 is 11.3 Å². The predicted molar refractivity (Wildman–Crippen MR) is 80.0 cm³/mol. The van der Waals surface area contributed by atoms with Crippen LogP contribution in [0, 0.1) is 0 Å². The lowest BCUT2D eigenvalue weighted by atomic mass is 10.2. The molecule has 0 N–H and O–H groups in total. The molecule has 0 unspecified atom stereocenters. The number of methoxy groups -OCH3 is 1. The van der Waals surface area contributed by atoms with Crippen molar-refractivity contribution in [1.29, 1.82) is 0 Å². The fraction of sp³-hybridized carbons (Fsp3) is 0.200. The third kappa shape index (κ3) is 3.24. The molecule has 0 atom stereocenters. The van der Waals surface area contributed by atoms with Gasteiger partial charge in [-0.15, -0.1) is 17.9 Å². The number of ether oxygens (including phenoxy) is 1. The third-order valence-corrected chi connectivity index (χ3v) is 3.62. The van der Waals surface area contributed by atoms with Crippen molar-refractivity contribution in [2.75, 3.05) is 13.7 Å². The summed E-state index contributed by atoms with van der Waals surface area (Å²) in [5, 5.41) is 2.00. The first-order chi connectivity index (χ1) is 9.76. The predicted octanol–water partition coefficient (Wildman–Crippen LogP) is 2.98. The van der Waals surface area contributed by atoms with E-state index in [1.165, 1.54) is 7.11 Å². The van der Waals surface area contributed by atoms with Crippen LogP contribution in [0.15, 0.2) is 48.5 Å². The summed E-state index contributed by atoms with van der Waals surface area (Å²) in [6.45, 7) is 4.75. The third-order valence-electron chi connectivity index (χ3n) is 2.76. The minimum atomic E-state index is -0.108. The molecule has 0 saturated carbocycles. The number of thiophene rings is 1. The van der Waals surface area contributed by atoms with Gasteiger partial charge in [-0.05, 0) is 23.6 Å². The van der Waals surface area contributed by atoms with Crippen molar-refractivity contribution in [1.82, 2.24) is 9.88 Å². The summed E-state index contributed by atoms with van der Waals surface area (Å²) >= 11 is 1.62. The van der Waals surface area contributed by atoms with Crippen LogP contribution in [0.2, 0.25) is 0 Å². The molecule has 4 nitrogen and oxygen atoms in total. The van der Waals surface area contributed by atoms with Crippen molar-refractivity contribution < 1.29 is 9.53 Å². The normalized spacial score (nSPS) is 10.1. The second kappa shape index (κ2) is 6.86. The Kier molecular flexibility index (Phi) is 4.90. The van der Waals surface area contributed by atoms with E-state index in [9.17, 15) is 4.79 Å². The van der Waals surface area contributed by atoms with Crippen LogP contribution in [-0.2, 0) is 6.54 Å².